The minimum Gasteiger partial charge on any atom is -0.497 e. The molecule has 1 heterocycles. The van der Waals surface area contributed by atoms with Crippen LogP contribution in [0.3, 0.4) is 0 Å². The first-order valence-electron chi connectivity index (χ1n) is 5.17. The first-order valence-corrected chi connectivity index (χ1v) is 6.25. The van der Waals surface area contributed by atoms with Crippen molar-refractivity contribution in [2.45, 2.75) is 6.92 Å². The Balaban J connectivity index is 2.50. The van der Waals surface area contributed by atoms with Crippen LogP contribution in [0.15, 0.2) is 24.3 Å². The van der Waals surface area contributed by atoms with Crippen LogP contribution in [-0.4, -0.2) is 28.0 Å². The lowest BCUT2D eigenvalue weighted by molar-refractivity contribution is 0.0689. The molecule has 94 valence electrons. The number of halogens is 1. The van der Waals surface area contributed by atoms with Crippen molar-refractivity contribution in [3.63, 3.8) is 0 Å². The van der Waals surface area contributed by atoms with E-state index in [2.05, 4.69) is 5.10 Å². The molecule has 1 aromatic carbocycles. The molecule has 0 fully saturated rings. The molecule has 2 rings (SSSR count). The Hall–Kier alpha value is -1.57. The van der Waals surface area contributed by atoms with E-state index in [9.17, 15) is 4.79 Å². The fraction of sp³-hybridized carbons (Fsp3) is 0.167. The van der Waals surface area contributed by atoms with Crippen molar-refractivity contribution in [2.24, 2.45) is 0 Å². The fourth-order valence-corrected chi connectivity index (χ4v) is 2.16. The Kier molecular flexibility index (Phi) is 3.55. The highest BCUT2D eigenvalue weighted by Crippen LogP contribution is 2.21. The molecule has 6 heteroatoms. The average Bonchev–Trinajstić information content (AvgIpc) is 2.67. The first kappa shape index (κ1) is 12.9. The fourth-order valence-electron chi connectivity index (χ4n) is 1.59. The van der Waals surface area contributed by atoms with Crippen molar-refractivity contribution >= 4 is 28.6 Å². The van der Waals surface area contributed by atoms with E-state index in [-0.39, 0.29) is 5.69 Å². The highest BCUT2D eigenvalue weighted by atomic mass is 127. The summed E-state index contributed by atoms with van der Waals surface area (Å²) < 4.78 is 7.34. The number of carboxylic acid groups (broad SMARTS) is 1. The zero-order valence-electron chi connectivity index (χ0n) is 9.85. The minimum atomic E-state index is -1.02. The molecular weight excluding hydrogens is 347 g/mol. The maximum atomic E-state index is 11.0. The number of carboxylic acids is 1. The van der Waals surface area contributed by atoms with Crippen molar-refractivity contribution in [2.75, 3.05) is 7.11 Å². The molecule has 0 radical (unpaired) electrons. The van der Waals surface area contributed by atoms with E-state index in [0.29, 0.717) is 3.57 Å². The summed E-state index contributed by atoms with van der Waals surface area (Å²) in [5, 5.41) is 13.1. The molecule has 5 nitrogen and oxygen atoms in total. The van der Waals surface area contributed by atoms with Gasteiger partial charge in [-0.2, -0.15) is 5.10 Å². The summed E-state index contributed by atoms with van der Waals surface area (Å²) in [6.45, 7) is 1.84. The lowest BCUT2D eigenvalue weighted by Crippen LogP contribution is -2.02. The van der Waals surface area contributed by atoms with Crippen molar-refractivity contribution in [1.82, 2.24) is 9.78 Å². The monoisotopic (exact) mass is 358 g/mol. The van der Waals surface area contributed by atoms with Gasteiger partial charge in [-0.25, -0.2) is 9.48 Å². The van der Waals surface area contributed by atoms with E-state index in [1.54, 1.807) is 11.8 Å². The van der Waals surface area contributed by atoms with Crippen LogP contribution in [0.5, 0.6) is 5.75 Å². The number of methoxy groups -OCH3 is 1. The summed E-state index contributed by atoms with van der Waals surface area (Å²) in [6, 6.07) is 7.29. The Morgan fingerprint density at radius 3 is 2.44 bits per heavy atom. The SMILES string of the molecule is COc1ccc(-n2nc(C(=O)O)c(I)c2C)cc1. The second kappa shape index (κ2) is 4.97. The van der Waals surface area contributed by atoms with Crippen LogP contribution < -0.4 is 4.74 Å². The van der Waals surface area contributed by atoms with Gasteiger partial charge in [0.05, 0.1) is 22.1 Å². The largest absolute Gasteiger partial charge is 0.497 e. The van der Waals surface area contributed by atoms with Gasteiger partial charge in [-0.1, -0.05) is 0 Å². The van der Waals surface area contributed by atoms with Gasteiger partial charge in [0.2, 0.25) is 0 Å². The summed E-state index contributed by atoms with van der Waals surface area (Å²) in [6.07, 6.45) is 0. The van der Waals surface area contributed by atoms with E-state index < -0.39 is 5.97 Å². The molecule has 0 aliphatic heterocycles. The van der Waals surface area contributed by atoms with Gasteiger partial charge in [-0.3, -0.25) is 0 Å². The van der Waals surface area contributed by atoms with Crippen molar-refractivity contribution in [3.05, 3.63) is 39.2 Å². The number of hydrogen-bond donors (Lipinski definition) is 1. The number of aromatic nitrogens is 2. The number of benzene rings is 1. The number of carbonyl (C=O) groups is 1. The van der Waals surface area contributed by atoms with Crippen LogP contribution in [0.2, 0.25) is 0 Å². The van der Waals surface area contributed by atoms with Crippen LogP contribution >= 0.6 is 22.6 Å². The molecule has 0 unspecified atom stereocenters. The van der Waals surface area contributed by atoms with E-state index in [1.165, 1.54) is 0 Å². The predicted octanol–water partition coefficient (Wildman–Crippen LogP) is 2.49. The predicted molar refractivity (Wildman–Crippen MR) is 74.5 cm³/mol. The Bertz CT molecular complexity index is 590. The molecule has 18 heavy (non-hydrogen) atoms. The smallest absolute Gasteiger partial charge is 0.357 e. The summed E-state index contributed by atoms with van der Waals surface area (Å²) in [4.78, 5) is 11.0. The molecule has 0 aliphatic rings. The van der Waals surface area contributed by atoms with Gasteiger partial charge in [0, 0.05) is 0 Å². The lowest BCUT2D eigenvalue weighted by Gasteiger charge is -2.05. The molecular formula is C12H11IN2O3. The molecule has 0 amide bonds. The number of hydrogen-bond acceptors (Lipinski definition) is 3. The van der Waals surface area contributed by atoms with Gasteiger partial charge in [-0.05, 0) is 53.8 Å². The third-order valence-electron chi connectivity index (χ3n) is 2.56. The van der Waals surface area contributed by atoms with Crippen LogP contribution in [0, 0.1) is 10.5 Å². The van der Waals surface area contributed by atoms with E-state index in [0.717, 1.165) is 17.1 Å². The van der Waals surface area contributed by atoms with Crippen LogP contribution in [0.25, 0.3) is 5.69 Å². The second-order valence-electron chi connectivity index (χ2n) is 3.66. The Morgan fingerprint density at radius 2 is 2.00 bits per heavy atom. The number of aromatic carboxylic acids is 1. The molecule has 0 spiro atoms. The maximum absolute atomic E-state index is 11.0. The molecule has 2 aromatic rings. The summed E-state index contributed by atoms with van der Waals surface area (Å²) in [7, 11) is 1.60. The molecule has 1 aromatic heterocycles. The van der Waals surface area contributed by atoms with E-state index in [1.807, 2.05) is 53.8 Å². The standard InChI is InChI=1S/C12H11IN2O3/c1-7-10(13)11(12(16)17)14-15(7)8-3-5-9(18-2)6-4-8/h3-6H,1-2H3,(H,16,17). The third-order valence-corrected chi connectivity index (χ3v) is 3.85. The van der Waals surface area contributed by atoms with Crippen molar-refractivity contribution in [1.29, 1.82) is 0 Å². The quantitative estimate of drug-likeness (QED) is 0.857. The molecule has 0 aliphatic carbocycles. The van der Waals surface area contributed by atoms with Gasteiger partial charge in [0.1, 0.15) is 5.75 Å². The number of nitrogens with zero attached hydrogens (tertiary/aromatic N) is 2. The minimum absolute atomic E-state index is 0.0731. The van der Waals surface area contributed by atoms with Crippen molar-refractivity contribution in [3.8, 4) is 11.4 Å². The highest BCUT2D eigenvalue weighted by Gasteiger charge is 2.18. The summed E-state index contributed by atoms with van der Waals surface area (Å²) in [5.41, 5.74) is 1.68. The zero-order valence-corrected chi connectivity index (χ0v) is 12.0. The van der Waals surface area contributed by atoms with E-state index in [4.69, 9.17) is 9.84 Å². The van der Waals surface area contributed by atoms with Gasteiger partial charge in [0.25, 0.3) is 0 Å². The van der Waals surface area contributed by atoms with Crippen LogP contribution in [-0.2, 0) is 0 Å². The van der Waals surface area contributed by atoms with Crippen molar-refractivity contribution < 1.29 is 14.6 Å². The molecule has 0 atom stereocenters. The average molecular weight is 358 g/mol. The Morgan fingerprint density at radius 1 is 1.39 bits per heavy atom. The van der Waals surface area contributed by atoms with Gasteiger partial charge in [0.15, 0.2) is 5.69 Å². The van der Waals surface area contributed by atoms with Gasteiger partial charge >= 0.3 is 5.97 Å². The maximum Gasteiger partial charge on any atom is 0.357 e. The molecule has 0 saturated carbocycles. The second-order valence-corrected chi connectivity index (χ2v) is 4.74. The topological polar surface area (TPSA) is 64.4 Å². The van der Waals surface area contributed by atoms with E-state index >= 15 is 0 Å². The van der Waals surface area contributed by atoms with Gasteiger partial charge < -0.3 is 9.84 Å². The molecule has 0 bridgehead atoms. The van der Waals surface area contributed by atoms with Gasteiger partial charge in [-0.15, -0.1) is 0 Å². The molecule has 0 saturated heterocycles. The zero-order chi connectivity index (χ0) is 13.3. The number of ether oxygens (including phenoxy) is 1. The summed E-state index contributed by atoms with van der Waals surface area (Å²) >= 11 is 1.99. The van der Waals surface area contributed by atoms with Crippen LogP contribution in [0.1, 0.15) is 16.2 Å². The Labute approximate surface area is 118 Å². The number of rotatable bonds is 3. The summed E-state index contributed by atoms with van der Waals surface area (Å²) in [5.74, 6) is -0.272. The lowest BCUT2D eigenvalue weighted by atomic mass is 10.3. The normalized spacial score (nSPS) is 10.4. The first-order chi connectivity index (χ1) is 8.54. The third kappa shape index (κ3) is 2.20. The molecule has 1 N–H and O–H groups in total. The highest BCUT2D eigenvalue weighted by molar-refractivity contribution is 14.1. The van der Waals surface area contributed by atoms with Crippen LogP contribution in [0.4, 0.5) is 0 Å².